The van der Waals surface area contributed by atoms with Crippen LogP contribution in [0.5, 0.6) is 34.5 Å². The number of nitrogens with one attached hydrogen (secondary N) is 1. The Morgan fingerprint density at radius 2 is 1.55 bits per heavy atom. The minimum Gasteiger partial charge on any atom is -0.493 e. The van der Waals surface area contributed by atoms with Crippen LogP contribution in [0.25, 0.3) is 6.08 Å². The molecule has 0 aromatic heterocycles. The van der Waals surface area contributed by atoms with E-state index in [9.17, 15) is 4.79 Å². The van der Waals surface area contributed by atoms with Gasteiger partial charge in [-0.15, -0.1) is 0 Å². The monoisotopic (exact) mass is 401 g/mol. The van der Waals surface area contributed by atoms with Crippen molar-refractivity contribution in [2.24, 2.45) is 0 Å². The number of fused-ring (bicyclic) bond motifs is 1. The molecular weight excluding hydrogens is 378 g/mol. The molecular formula is C21H23NO7. The van der Waals surface area contributed by atoms with Gasteiger partial charge in [0.25, 0.3) is 0 Å². The molecule has 8 heteroatoms. The molecule has 1 heterocycles. The number of amides is 1. The molecule has 1 aliphatic rings. The molecule has 0 saturated heterocycles. The van der Waals surface area contributed by atoms with Gasteiger partial charge in [0, 0.05) is 23.9 Å². The number of benzene rings is 2. The van der Waals surface area contributed by atoms with Gasteiger partial charge in [0.2, 0.25) is 17.4 Å². The van der Waals surface area contributed by atoms with Gasteiger partial charge < -0.3 is 33.7 Å². The lowest BCUT2D eigenvalue weighted by atomic mass is 10.1. The summed E-state index contributed by atoms with van der Waals surface area (Å²) in [6.07, 6.45) is 3.07. The van der Waals surface area contributed by atoms with Crippen molar-refractivity contribution >= 4 is 17.7 Å². The van der Waals surface area contributed by atoms with Crippen molar-refractivity contribution in [3.05, 3.63) is 35.9 Å². The summed E-state index contributed by atoms with van der Waals surface area (Å²) in [5.41, 5.74) is 1.25. The predicted octanol–water partition coefficient (Wildman–Crippen LogP) is 3.14. The summed E-state index contributed by atoms with van der Waals surface area (Å²) in [6.45, 7) is 0.931. The van der Waals surface area contributed by atoms with Crippen molar-refractivity contribution < 1.29 is 33.2 Å². The molecule has 0 radical (unpaired) electrons. The molecule has 0 fully saturated rings. The molecule has 0 spiro atoms. The van der Waals surface area contributed by atoms with E-state index >= 15 is 0 Å². The first kappa shape index (κ1) is 20.2. The van der Waals surface area contributed by atoms with Crippen molar-refractivity contribution in [1.29, 1.82) is 0 Å². The van der Waals surface area contributed by atoms with E-state index in [2.05, 4.69) is 5.32 Å². The molecule has 0 unspecified atom stereocenters. The highest BCUT2D eigenvalue weighted by atomic mass is 16.6. The third kappa shape index (κ3) is 4.48. The molecule has 154 valence electrons. The Morgan fingerprint density at radius 1 is 0.897 bits per heavy atom. The first-order chi connectivity index (χ1) is 14.1. The Bertz CT molecular complexity index is 881. The van der Waals surface area contributed by atoms with Crippen molar-refractivity contribution in [2.75, 3.05) is 47.0 Å². The zero-order chi connectivity index (χ0) is 20.8. The number of ether oxygens (including phenoxy) is 6. The maximum atomic E-state index is 12.4. The SMILES string of the molecule is COc1cc(NC(=O)/C=C\c2cc(OC)c3c(c2)OCCO3)cc(OC)c1OC. The fourth-order valence-corrected chi connectivity index (χ4v) is 2.90. The third-order valence-electron chi connectivity index (χ3n) is 4.21. The Balaban J connectivity index is 1.78. The minimum absolute atomic E-state index is 0.326. The van der Waals surface area contributed by atoms with Crippen molar-refractivity contribution in [3.8, 4) is 34.5 Å². The summed E-state index contributed by atoms with van der Waals surface area (Å²) >= 11 is 0. The van der Waals surface area contributed by atoms with Gasteiger partial charge in [-0.3, -0.25) is 4.79 Å². The van der Waals surface area contributed by atoms with Gasteiger partial charge in [0.05, 0.1) is 28.4 Å². The summed E-state index contributed by atoms with van der Waals surface area (Å²) in [4.78, 5) is 12.4. The highest BCUT2D eigenvalue weighted by molar-refractivity contribution is 6.02. The van der Waals surface area contributed by atoms with E-state index in [1.165, 1.54) is 27.4 Å². The zero-order valence-electron chi connectivity index (χ0n) is 16.7. The van der Waals surface area contributed by atoms with Crippen LogP contribution in [0.15, 0.2) is 30.3 Å². The quantitative estimate of drug-likeness (QED) is 0.714. The van der Waals surface area contributed by atoms with E-state index in [0.29, 0.717) is 53.4 Å². The average Bonchev–Trinajstić information content (AvgIpc) is 2.76. The Hall–Kier alpha value is -3.55. The van der Waals surface area contributed by atoms with Gasteiger partial charge in [-0.25, -0.2) is 0 Å². The minimum atomic E-state index is -0.326. The van der Waals surface area contributed by atoms with Gasteiger partial charge >= 0.3 is 0 Å². The summed E-state index contributed by atoms with van der Waals surface area (Å²) in [5, 5.41) is 2.78. The Morgan fingerprint density at radius 3 is 2.17 bits per heavy atom. The number of hydrogen-bond acceptors (Lipinski definition) is 7. The van der Waals surface area contributed by atoms with E-state index in [1.807, 2.05) is 0 Å². The topological polar surface area (TPSA) is 84.5 Å². The van der Waals surface area contributed by atoms with Crippen LogP contribution < -0.4 is 33.7 Å². The smallest absolute Gasteiger partial charge is 0.248 e. The van der Waals surface area contributed by atoms with Crippen LogP contribution in [0.2, 0.25) is 0 Å². The van der Waals surface area contributed by atoms with Gasteiger partial charge in [0.1, 0.15) is 13.2 Å². The normalized spacial score (nSPS) is 12.4. The lowest BCUT2D eigenvalue weighted by Gasteiger charge is -2.20. The van der Waals surface area contributed by atoms with Crippen LogP contribution in [-0.2, 0) is 4.79 Å². The zero-order valence-corrected chi connectivity index (χ0v) is 16.7. The highest BCUT2D eigenvalue weighted by Gasteiger charge is 2.18. The van der Waals surface area contributed by atoms with Crippen LogP contribution >= 0.6 is 0 Å². The number of carbonyl (C=O) groups is 1. The molecule has 0 aliphatic carbocycles. The molecule has 0 saturated carbocycles. The van der Waals surface area contributed by atoms with E-state index in [1.54, 1.807) is 37.5 Å². The number of rotatable bonds is 7. The maximum absolute atomic E-state index is 12.4. The van der Waals surface area contributed by atoms with Crippen molar-refractivity contribution in [3.63, 3.8) is 0 Å². The summed E-state index contributed by atoms with van der Waals surface area (Å²) in [5.74, 6) is 2.72. The molecule has 1 N–H and O–H groups in total. The molecule has 3 rings (SSSR count). The van der Waals surface area contributed by atoms with Crippen LogP contribution in [0.4, 0.5) is 5.69 Å². The number of anilines is 1. The van der Waals surface area contributed by atoms with Gasteiger partial charge in [-0.2, -0.15) is 0 Å². The van der Waals surface area contributed by atoms with E-state index in [-0.39, 0.29) is 5.91 Å². The van der Waals surface area contributed by atoms with Crippen LogP contribution in [-0.4, -0.2) is 47.6 Å². The fourth-order valence-electron chi connectivity index (χ4n) is 2.90. The van der Waals surface area contributed by atoms with Crippen LogP contribution in [0.1, 0.15) is 5.56 Å². The summed E-state index contributed by atoms with van der Waals surface area (Å²) in [7, 11) is 6.09. The van der Waals surface area contributed by atoms with E-state index in [0.717, 1.165) is 5.56 Å². The largest absolute Gasteiger partial charge is 0.493 e. The standard InChI is InChI=1S/C21H23NO7/c1-24-15-9-13(10-18-21(15)29-8-7-28-18)5-6-19(23)22-14-11-16(25-2)20(27-4)17(12-14)26-3/h5-6,9-12H,7-8H2,1-4H3,(H,22,23)/b6-5-. The molecule has 0 bridgehead atoms. The lowest BCUT2D eigenvalue weighted by molar-refractivity contribution is -0.111. The van der Waals surface area contributed by atoms with Crippen molar-refractivity contribution in [1.82, 2.24) is 0 Å². The number of methoxy groups -OCH3 is 4. The molecule has 2 aromatic rings. The third-order valence-corrected chi connectivity index (χ3v) is 4.21. The fraction of sp³-hybridized carbons (Fsp3) is 0.286. The molecule has 0 atom stereocenters. The second kappa shape index (κ2) is 9.09. The second-order valence-corrected chi connectivity index (χ2v) is 5.98. The molecule has 29 heavy (non-hydrogen) atoms. The van der Waals surface area contributed by atoms with Crippen molar-refractivity contribution in [2.45, 2.75) is 0 Å². The van der Waals surface area contributed by atoms with Crippen LogP contribution in [0.3, 0.4) is 0 Å². The number of hydrogen-bond donors (Lipinski definition) is 1. The molecule has 1 aliphatic heterocycles. The Labute approximate surface area is 168 Å². The summed E-state index contributed by atoms with van der Waals surface area (Å²) < 4.78 is 32.4. The van der Waals surface area contributed by atoms with Gasteiger partial charge in [-0.05, 0) is 23.8 Å². The summed E-state index contributed by atoms with van der Waals surface area (Å²) in [6, 6.07) is 6.87. The maximum Gasteiger partial charge on any atom is 0.248 e. The highest BCUT2D eigenvalue weighted by Crippen LogP contribution is 2.41. The molecule has 1 amide bonds. The van der Waals surface area contributed by atoms with Gasteiger partial charge in [0.15, 0.2) is 23.0 Å². The number of carbonyl (C=O) groups excluding carboxylic acids is 1. The molecule has 8 nitrogen and oxygen atoms in total. The average molecular weight is 401 g/mol. The van der Waals surface area contributed by atoms with E-state index in [4.69, 9.17) is 28.4 Å². The first-order valence-electron chi connectivity index (χ1n) is 8.86. The predicted molar refractivity (Wildman–Crippen MR) is 108 cm³/mol. The lowest BCUT2D eigenvalue weighted by Crippen LogP contribution is -2.16. The van der Waals surface area contributed by atoms with E-state index < -0.39 is 0 Å². The first-order valence-corrected chi connectivity index (χ1v) is 8.86. The van der Waals surface area contributed by atoms with Gasteiger partial charge in [-0.1, -0.05) is 0 Å². The second-order valence-electron chi connectivity index (χ2n) is 5.98. The molecule has 2 aromatic carbocycles. The van der Waals surface area contributed by atoms with Crippen LogP contribution in [0, 0.1) is 0 Å². The Kier molecular flexibility index (Phi) is 6.33.